The van der Waals surface area contributed by atoms with Crippen molar-refractivity contribution in [2.24, 2.45) is 11.5 Å². The van der Waals surface area contributed by atoms with Crippen molar-refractivity contribution in [1.82, 2.24) is 0 Å². The van der Waals surface area contributed by atoms with E-state index in [9.17, 15) is 9.59 Å². The van der Waals surface area contributed by atoms with Gasteiger partial charge in [-0.3, -0.25) is 9.59 Å². The number of primary amides is 1. The maximum atomic E-state index is 11.3. The molecule has 4 N–H and O–H groups in total. The molecule has 0 aromatic carbocycles. The number of esters is 1. The fourth-order valence-electron chi connectivity index (χ4n) is 1.91. The third-order valence-electron chi connectivity index (χ3n) is 3.29. The molecule has 1 amide bonds. The average Bonchev–Trinajstić information content (AvgIpc) is 2.42. The summed E-state index contributed by atoms with van der Waals surface area (Å²) < 4.78 is 5.07. The van der Waals surface area contributed by atoms with Gasteiger partial charge in [-0.1, -0.05) is 51.9 Å². The van der Waals surface area contributed by atoms with Crippen molar-refractivity contribution in [1.29, 1.82) is 0 Å². The highest BCUT2D eigenvalue weighted by Crippen LogP contribution is 2.08. The molecular weight excluding hydrogens is 256 g/mol. The Hall–Kier alpha value is -1.10. The molecule has 0 spiro atoms. The van der Waals surface area contributed by atoms with Gasteiger partial charge < -0.3 is 16.2 Å². The molecule has 0 aliphatic carbocycles. The lowest BCUT2D eigenvalue weighted by atomic mass is 10.1. The summed E-state index contributed by atoms with van der Waals surface area (Å²) in [6.07, 6.45) is 10.1. The highest BCUT2D eigenvalue weighted by Gasteiger charge is 2.12. The SMILES string of the molecule is CCCCCCCCCCOC(=O)CC[C@@H](N)C(N)=O. The molecule has 0 fully saturated rings. The van der Waals surface area contributed by atoms with Crippen LogP contribution in [0.1, 0.15) is 71.1 Å². The summed E-state index contributed by atoms with van der Waals surface area (Å²) in [5.41, 5.74) is 10.4. The number of amides is 1. The van der Waals surface area contributed by atoms with E-state index in [-0.39, 0.29) is 18.8 Å². The van der Waals surface area contributed by atoms with Crippen LogP contribution in [0.4, 0.5) is 0 Å². The second-order valence-corrected chi connectivity index (χ2v) is 5.24. The molecule has 0 radical (unpaired) electrons. The molecule has 0 saturated carbocycles. The van der Waals surface area contributed by atoms with Crippen LogP contribution in [-0.4, -0.2) is 24.5 Å². The standard InChI is InChI=1S/C15H30N2O3/c1-2-3-4-5-6-7-8-9-12-20-14(18)11-10-13(16)15(17)19/h13H,2-12,16H2,1H3,(H2,17,19)/t13-/m1/s1. The van der Waals surface area contributed by atoms with Crippen LogP contribution in [0.15, 0.2) is 0 Å². The number of rotatable bonds is 13. The normalized spacial score (nSPS) is 12.1. The average molecular weight is 286 g/mol. The van der Waals surface area contributed by atoms with E-state index in [4.69, 9.17) is 16.2 Å². The summed E-state index contributed by atoms with van der Waals surface area (Å²) >= 11 is 0. The monoisotopic (exact) mass is 286 g/mol. The topological polar surface area (TPSA) is 95.4 Å². The Morgan fingerprint density at radius 3 is 2.10 bits per heavy atom. The van der Waals surface area contributed by atoms with E-state index in [0.29, 0.717) is 6.61 Å². The Kier molecular flexibility index (Phi) is 12.2. The van der Waals surface area contributed by atoms with Crippen LogP contribution in [0.2, 0.25) is 0 Å². The van der Waals surface area contributed by atoms with Crippen LogP contribution in [-0.2, 0) is 14.3 Å². The Morgan fingerprint density at radius 2 is 1.55 bits per heavy atom. The molecule has 118 valence electrons. The second kappa shape index (κ2) is 12.9. The minimum Gasteiger partial charge on any atom is -0.466 e. The van der Waals surface area contributed by atoms with E-state index in [0.717, 1.165) is 12.8 Å². The Bertz CT molecular complexity index is 270. The fourth-order valence-corrected chi connectivity index (χ4v) is 1.91. The van der Waals surface area contributed by atoms with Crippen molar-refractivity contribution in [3.8, 4) is 0 Å². The zero-order chi connectivity index (χ0) is 15.2. The van der Waals surface area contributed by atoms with E-state index in [1.807, 2.05) is 0 Å². The number of hydrogen-bond acceptors (Lipinski definition) is 4. The molecule has 1 atom stereocenters. The van der Waals surface area contributed by atoms with Gasteiger partial charge in [-0.2, -0.15) is 0 Å². The number of nitrogens with two attached hydrogens (primary N) is 2. The fraction of sp³-hybridized carbons (Fsp3) is 0.867. The molecule has 0 heterocycles. The molecule has 0 aliphatic rings. The smallest absolute Gasteiger partial charge is 0.305 e. The molecule has 20 heavy (non-hydrogen) atoms. The summed E-state index contributed by atoms with van der Waals surface area (Å²) in [6.45, 7) is 2.67. The van der Waals surface area contributed by atoms with Gasteiger partial charge in [-0.25, -0.2) is 0 Å². The third-order valence-corrected chi connectivity index (χ3v) is 3.29. The van der Waals surface area contributed by atoms with Crippen LogP contribution in [0.25, 0.3) is 0 Å². The number of carbonyl (C=O) groups is 2. The highest BCUT2D eigenvalue weighted by atomic mass is 16.5. The quantitative estimate of drug-likeness (QED) is 0.401. The number of hydrogen-bond donors (Lipinski definition) is 2. The van der Waals surface area contributed by atoms with Crippen molar-refractivity contribution in [3.63, 3.8) is 0 Å². The van der Waals surface area contributed by atoms with Gasteiger partial charge in [0.15, 0.2) is 0 Å². The van der Waals surface area contributed by atoms with Crippen molar-refractivity contribution >= 4 is 11.9 Å². The van der Waals surface area contributed by atoms with Gasteiger partial charge in [0.1, 0.15) is 0 Å². The number of unbranched alkanes of at least 4 members (excludes halogenated alkanes) is 7. The molecule has 0 unspecified atom stereocenters. The van der Waals surface area contributed by atoms with E-state index < -0.39 is 11.9 Å². The van der Waals surface area contributed by atoms with Crippen molar-refractivity contribution in [2.75, 3.05) is 6.61 Å². The van der Waals surface area contributed by atoms with Crippen LogP contribution in [0, 0.1) is 0 Å². The van der Waals surface area contributed by atoms with E-state index in [1.165, 1.54) is 38.5 Å². The first kappa shape index (κ1) is 18.9. The summed E-state index contributed by atoms with van der Waals surface area (Å²) in [4.78, 5) is 22.0. The van der Waals surface area contributed by atoms with Gasteiger partial charge in [0.2, 0.25) is 5.91 Å². The summed E-state index contributed by atoms with van der Waals surface area (Å²) in [5.74, 6) is -0.884. The minimum absolute atomic E-state index is 0.154. The predicted molar refractivity (Wildman–Crippen MR) is 80.0 cm³/mol. The van der Waals surface area contributed by atoms with E-state index in [2.05, 4.69) is 6.92 Å². The first-order valence-electron chi connectivity index (χ1n) is 7.78. The largest absolute Gasteiger partial charge is 0.466 e. The molecule has 0 saturated heterocycles. The van der Waals surface area contributed by atoms with Gasteiger partial charge in [0, 0.05) is 6.42 Å². The van der Waals surface area contributed by atoms with Crippen molar-refractivity contribution in [3.05, 3.63) is 0 Å². The molecule has 5 nitrogen and oxygen atoms in total. The minimum atomic E-state index is -0.759. The van der Waals surface area contributed by atoms with Crippen LogP contribution in [0.5, 0.6) is 0 Å². The van der Waals surface area contributed by atoms with E-state index in [1.54, 1.807) is 0 Å². The molecular formula is C15H30N2O3. The molecule has 0 aromatic heterocycles. The maximum Gasteiger partial charge on any atom is 0.305 e. The molecule has 0 aromatic rings. The van der Waals surface area contributed by atoms with E-state index >= 15 is 0 Å². The Balaban J connectivity index is 3.29. The lowest BCUT2D eigenvalue weighted by molar-refractivity contribution is -0.144. The third kappa shape index (κ3) is 12.0. The van der Waals surface area contributed by atoms with Gasteiger partial charge in [0.05, 0.1) is 12.6 Å². The lowest BCUT2D eigenvalue weighted by Gasteiger charge is -2.07. The Morgan fingerprint density at radius 1 is 1.00 bits per heavy atom. The first-order valence-corrected chi connectivity index (χ1v) is 7.78. The number of carbonyl (C=O) groups excluding carboxylic acids is 2. The summed E-state index contributed by atoms with van der Waals surface area (Å²) in [6, 6.07) is -0.759. The van der Waals surface area contributed by atoms with Crippen LogP contribution >= 0.6 is 0 Å². The Labute approximate surface area is 122 Å². The molecule has 0 bridgehead atoms. The summed E-state index contributed by atoms with van der Waals surface area (Å²) in [5, 5.41) is 0. The van der Waals surface area contributed by atoms with Gasteiger partial charge in [-0.15, -0.1) is 0 Å². The van der Waals surface area contributed by atoms with Crippen molar-refractivity contribution in [2.45, 2.75) is 77.2 Å². The first-order chi connectivity index (χ1) is 9.57. The van der Waals surface area contributed by atoms with Gasteiger partial charge in [0.25, 0.3) is 0 Å². The molecule has 0 rings (SSSR count). The van der Waals surface area contributed by atoms with Gasteiger partial charge >= 0.3 is 5.97 Å². The lowest BCUT2D eigenvalue weighted by Crippen LogP contribution is -2.36. The zero-order valence-corrected chi connectivity index (χ0v) is 12.7. The summed E-state index contributed by atoms with van der Waals surface area (Å²) in [7, 11) is 0. The zero-order valence-electron chi connectivity index (χ0n) is 12.7. The molecule has 0 aliphatic heterocycles. The maximum absolute atomic E-state index is 11.3. The van der Waals surface area contributed by atoms with Crippen LogP contribution in [0.3, 0.4) is 0 Å². The highest BCUT2D eigenvalue weighted by molar-refractivity contribution is 5.80. The van der Waals surface area contributed by atoms with Crippen molar-refractivity contribution < 1.29 is 14.3 Å². The predicted octanol–water partition coefficient (Wildman–Crippen LogP) is 2.26. The molecule has 5 heteroatoms. The number of ether oxygens (including phenoxy) is 1. The van der Waals surface area contributed by atoms with Gasteiger partial charge in [-0.05, 0) is 12.8 Å². The second-order valence-electron chi connectivity index (χ2n) is 5.24. The van der Waals surface area contributed by atoms with Crippen LogP contribution < -0.4 is 11.5 Å².